The van der Waals surface area contributed by atoms with Crippen molar-refractivity contribution in [1.29, 1.82) is 0 Å². The first-order valence-electron chi connectivity index (χ1n) is 9.93. The minimum absolute atomic E-state index is 0.0386. The van der Waals surface area contributed by atoms with Crippen molar-refractivity contribution in [2.24, 2.45) is 5.92 Å². The first-order chi connectivity index (χ1) is 14.2. The highest BCUT2D eigenvalue weighted by molar-refractivity contribution is 5.92. The van der Waals surface area contributed by atoms with Crippen LogP contribution in [0.3, 0.4) is 0 Å². The molecule has 0 spiro atoms. The number of aromatic nitrogens is 4. The van der Waals surface area contributed by atoms with Crippen molar-refractivity contribution in [3.8, 4) is 0 Å². The van der Waals surface area contributed by atoms with Crippen LogP contribution in [-0.4, -0.2) is 66.8 Å². The van der Waals surface area contributed by atoms with Crippen LogP contribution in [0.25, 0.3) is 11.0 Å². The second-order valence-electron chi connectivity index (χ2n) is 7.81. The minimum atomic E-state index is -0.107. The highest BCUT2D eigenvalue weighted by Crippen LogP contribution is 2.29. The van der Waals surface area contributed by atoms with E-state index in [4.69, 9.17) is 0 Å². The Morgan fingerprint density at radius 2 is 1.93 bits per heavy atom. The van der Waals surface area contributed by atoms with Crippen molar-refractivity contribution in [2.45, 2.75) is 25.4 Å². The van der Waals surface area contributed by atoms with Crippen LogP contribution in [0.15, 0.2) is 49.2 Å². The fourth-order valence-corrected chi connectivity index (χ4v) is 4.50. The molecule has 8 nitrogen and oxygen atoms in total. The molecule has 0 aliphatic carbocycles. The van der Waals surface area contributed by atoms with Gasteiger partial charge in [0.15, 0.2) is 0 Å². The fraction of sp³-hybridized carbons (Fsp3) is 0.381. The maximum absolute atomic E-state index is 13.1. The average Bonchev–Trinajstić information content (AvgIpc) is 2.94. The molecular weight excluding hydrogens is 368 g/mol. The molecule has 2 amide bonds. The summed E-state index contributed by atoms with van der Waals surface area (Å²) in [6.07, 6.45) is 8.27. The van der Waals surface area contributed by atoms with Crippen LogP contribution in [0.5, 0.6) is 0 Å². The highest BCUT2D eigenvalue weighted by Gasteiger charge is 2.39. The van der Waals surface area contributed by atoms with Crippen molar-refractivity contribution in [3.63, 3.8) is 0 Å². The molecule has 1 aromatic carbocycles. The van der Waals surface area contributed by atoms with Crippen LogP contribution >= 0.6 is 0 Å². The summed E-state index contributed by atoms with van der Waals surface area (Å²) in [4.78, 5) is 42.3. The van der Waals surface area contributed by atoms with Crippen molar-refractivity contribution in [2.75, 3.05) is 19.6 Å². The van der Waals surface area contributed by atoms with E-state index >= 15 is 0 Å². The molecule has 2 aromatic heterocycles. The molecule has 0 radical (unpaired) electrons. The van der Waals surface area contributed by atoms with Gasteiger partial charge in [0.05, 0.1) is 23.6 Å². The Labute approximate surface area is 168 Å². The quantitative estimate of drug-likeness (QED) is 0.678. The summed E-state index contributed by atoms with van der Waals surface area (Å²) in [5, 5.41) is 0. The summed E-state index contributed by atoms with van der Waals surface area (Å²) in [6, 6.07) is 7.86. The number of fused-ring (bicyclic) bond motifs is 5. The van der Waals surface area contributed by atoms with E-state index in [1.807, 2.05) is 38.6 Å². The summed E-state index contributed by atoms with van der Waals surface area (Å²) in [5.74, 6) is 0.263. The van der Waals surface area contributed by atoms with Gasteiger partial charge in [0.2, 0.25) is 5.91 Å². The maximum Gasteiger partial charge on any atom is 0.274 e. The van der Waals surface area contributed by atoms with Crippen LogP contribution in [0.2, 0.25) is 0 Å². The molecule has 3 saturated heterocycles. The maximum atomic E-state index is 13.1. The van der Waals surface area contributed by atoms with Crippen molar-refractivity contribution in [3.05, 3.63) is 54.9 Å². The van der Waals surface area contributed by atoms with E-state index in [-0.39, 0.29) is 30.3 Å². The monoisotopic (exact) mass is 390 g/mol. The SMILES string of the molecule is O=C(c1cnccn1)N1C[C@H]2CC[C@@H](C1)N(C(=O)Cn1cnc3ccccc31)C2. The first-order valence-corrected chi connectivity index (χ1v) is 9.93. The standard InChI is InChI=1S/C21H22N6O2/c28-20(13-26-14-24-17-3-1-2-4-19(17)26)27-11-15-5-6-16(27)12-25(10-15)21(29)18-9-22-7-8-23-18/h1-4,7-9,14-16H,5-6,10-13H2/t15-,16+/m1/s1. The number of carbonyl (C=O) groups excluding carboxylic acids is 2. The third-order valence-electron chi connectivity index (χ3n) is 5.94. The number of para-hydroxylation sites is 2. The van der Waals surface area contributed by atoms with Crippen molar-refractivity contribution in [1.82, 2.24) is 29.3 Å². The number of carbonyl (C=O) groups is 2. The largest absolute Gasteiger partial charge is 0.336 e. The predicted molar refractivity (Wildman–Crippen MR) is 106 cm³/mol. The van der Waals surface area contributed by atoms with Gasteiger partial charge in [-0.25, -0.2) is 9.97 Å². The van der Waals surface area contributed by atoms with Crippen LogP contribution in [0, 0.1) is 5.92 Å². The number of rotatable bonds is 3. The Balaban J connectivity index is 1.33. The molecular formula is C21H22N6O2. The van der Waals surface area contributed by atoms with E-state index in [0.717, 1.165) is 23.9 Å². The number of amides is 2. The number of benzene rings is 1. The predicted octanol–water partition coefficient (Wildman–Crippen LogP) is 1.59. The molecule has 5 heterocycles. The fourth-order valence-electron chi connectivity index (χ4n) is 4.50. The first kappa shape index (κ1) is 17.8. The summed E-state index contributed by atoms with van der Waals surface area (Å²) >= 11 is 0. The minimum Gasteiger partial charge on any atom is -0.336 e. The number of piperidine rings is 1. The Bertz CT molecular complexity index is 1050. The van der Waals surface area contributed by atoms with Crippen LogP contribution in [0.4, 0.5) is 0 Å². The third kappa shape index (κ3) is 3.35. The molecule has 8 heteroatoms. The zero-order valence-electron chi connectivity index (χ0n) is 16.0. The molecule has 0 unspecified atom stereocenters. The van der Waals surface area contributed by atoms with E-state index in [9.17, 15) is 9.59 Å². The average molecular weight is 390 g/mol. The van der Waals surface area contributed by atoms with E-state index in [1.165, 1.54) is 12.4 Å². The van der Waals surface area contributed by atoms with E-state index in [0.29, 0.717) is 25.3 Å². The molecule has 3 aliphatic heterocycles. The topological polar surface area (TPSA) is 84.2 Å². The summed E-state index contributed by atoms with van der Waals surface area (Å²) in [6.45, 7) is 2.16. The molecule has 6 rings (SSSR count). The van der Waals surface area contributed by atoms with Gasteiger partial charge in [-0.2, -0.15) is 0 Å². The van der Waals surface area contributed by atoms with Gasteiger partial charge in [0.25, 0.3) is 5.91 Å². The molecule has 148 valence electrons. The Morgan fingerprint density at radius 3 is 2.79 bits per heavy atom. The zero-order valence-corrected chi connectivity index (χ0v) is 16.0. The highest BCUT2D eigenvalue weighted by atomic mass is 16.2. The lowest BCUT2D eigenvalue weighted by atomic mass is 9.95. The van der Waals surface area contributed by atoms with Gasteiger partial charge in [0, 0.05) is 38.1 Å². The van der Waals surface area contributed by atoms with Crippen LogP contribution in [-0.2, 0) is 11.3 Å². The molecule has 3 aromatic rings. The van der Waals surface area contributed by atoms with Gasteiger partial charge in [0.1, 0.15) is 12.2 Å². The summed E-state index contributed by atoms with van der Waals surface area (Å²) < 4.78 is 1.90. The number of hydrogen-bond donors (Lipinski definition) is 0. The lowest BCUT2D eigenvalue weighted by Gasteiger charge is -2.36. The molecule has 2 bridgehead atoms. The zero-order chi connectivity index (χ0) is 19.8. The molecule has 29 heavy (non-hydrogen) atoms. The van der Waals surface area contributed by atoms with Gasteiger partial charge >= 0.3 is 0 Å². The van der Waals surface area contributed by atoms with Crippen molar-refractivity contribution < 1.29 is 9.59 Å². The molecule has 0 saturated carbocycles. The molecule has 3 aliphatic rings. The number of hydrogen-bond acceptors (Lipinski definition) is 5. The summed E-state index contributed by atoms with van der Waals surface area (Å²) in [5.41, 5.74) is 2.20. The lowest BCUT2D eigenvalue weighted by Crippen LogP contribution is -2.48. The van der Waals surface area contributed by atoms with Gasteiger partial charge in [-0.3, -0.25) is 14.6 Å². The Morgan fingerprint density at radius 1 is 1.03 bits per heavy atom. The van der Waals surface area contributed by atoms with Crippen LogP contribution < -0.4 is 0 Å². The van der Waals surface area contributed by atoms with Gasteiger partial charge < -0.3 is 14.4 Å². The van der Waals surface area contributed by atoms with Gasteiger partial charge in [-0.05, 0) is 30.9 Å². The lowest BCUT2D eigenvalue weighted by molar-refractivity contribution is -0.135. The van der Waals surface area contributed by atoms with Gasteiger partial charge in [-0.1, -0.05) is 12.1 Å². The van der Waals surface area contributed by atoms with E-state index in [2.05, 4.69) is 15.0 Å². The number of nitrogens with zero attached hydrogens (tertiary/aromatic N) is 6. The van der Waals surface area contributed by atoms with Crippen LogP contribution in [0.1, 0.15) is 23.3 Å². The Hall–Kier alpha value is -3.29. The number of imidazole rings is 1. The smallest absolute Gasteiger partial charge is 0.274 e. The van der Waals surface area contributed by atoms with E-state index in [1.54, 1.807) is 12.5 Å². The Kier molecular flexibility index (Phi) is 4.46. The third-order valence-corrected chi connectivity index (χ3v) is 5.94. The molecule has 0 N–H and O–H groups in total. The van der Waals surface area contributed by atoms with Gasteiger partial charge in [-0.15, -0.1) is 0 Å². The second-order valence-corrected chi connectivity index (χ2v) is 7.81. The molecule has 2 atom stereocenters. The van der Waals surface area contributed by atoms with Crippen molar-refractivity contribution >= 4 is 22.8 Å². The normalized spacial score (nSPS) is 21.4. The molecule has 3 fully saturated rings. The second kappa shape index (κ2) is 7.27. The summed E-state index contributed by atoms with van der Waals surface area (Å²) in [7, 11) is 0. The van der Waals surface area contributed by atoms with E-state index < -0.39 is 0 Å².